The van der Waals surface area contributed by atoms with Crippen molar-refractivity contribution in [3.63, 3.8) is 0 Å². The van der Waals surface area contributed by atoms with E-state index in [1.54, 1.807) is 11.9 Å². The minimum atomic E-state index is -0.0330. The lowest BCUT2D eigenvalue weighted by atomic mass is 9.68. The summed E-state index contributed by atoms with van der Waals surface area (Å²) in [6, 6.07) is 2.08. The third-order valence-electron chi connectivity index (χ3n) is 4.90. The molecule has 1 aliphatic heterocycles. The van der Waals surface area contributed by atoms with Crippen LogP contribution in [0.25, 0.3) is 0 Å². The Morgan fingerprint density at radius 3 is 3.04 bits per heavy atom. The quantitative estimate of drug-likeness (QED) is 0.503. The van der Waals surface area contributed by atoms with Crippen LogP contribution in [0.3, 0.4) is 0 Å². The number of hydrogen-bond donors (Lipinski definition) is 1. The van der Waals surface area contributed by atoms with Gasteiger partial charge in [0.25, 0.3) is 0 Å². The Hall–Kier alpha value is -1.59. The van der Waals surface area contributed by atoms with Gasteiger partial charge in [0.2, 0.25) is 0 Å². The molecule has 5 heteroatoms. The lowest BCUT2D eigenvalue weighted by Gasteiger charge is -2.44. The molecular formula is C18H24N4S. The topological polar surface area (TPSA) is 44.9 Å². The minimum absolute atomic E-state index is 0.0330. The molecule has 1 aromatic heterocycles. The number of allylic oxidation sites excluding steroid dienone is 3. The highest BCUT2D eigenvalue weighted by molar-refractivity contribution is 7.97. The lowest BCUT2D eigenvalue weighted by Crippen LogP contribution is -2.42. The molecule has 1 aliphatic carbocycles. The summed E-state index contributed by atoms with van der Waals surface area (Å²) < 4.78 is 4.45. The fourth-order valence-corrected chi connectivity index (χ4v) is 4.62. The second-order valence-electron chi connectivity index (χ2n) is 6.25. The van der Waals surface area contributed by atoms with E-state index in [2.05, 4.69) is 48.0 Å². The first-order valence-corrected chi connectivity index (χ1v) is 8.89. The third-order valence-corrected chi connectivity index (χ3v) is 6.00. The van der Waals surface area contributed by atoms with Gasteiger partial charge in [-0.3, -0.25) is 4.68 Å². The zero-order chi connectivity index (χ0) is 16.4. The predicted octanol–water partition coefficient (Wildman–Crippen LogP) is 4.08. The number of piperidine rings is 1. The van der Waals surface area contributed by atoms with Gasteiger partial charge in [0.15, 0.2) is 0 Å². The molecule has 0 amide bonds. The van der Waals surface area contributed by atoms with Gasteiger partial charge in [0, 0.05) is 31.3 Å². The zero-order valence-corrected chi connectivity index (χ0v) is 14.7. The van der Waals surface area contributed by atoms with Gasteiger partial charge in [-0.05, 0) is 55.8 Å². The maximum atomic E-state index is 7.68. The third kappa shape index (κ3) is 2.95. The van der Waals surface area contributed by atoms with E-state index in [9.17, 15) is 0 Å². The molecule has 4 nitrogen and oxygen atoms in total. The maximum Gasteiger partial charge on any atom is 0.109 e. The number of fused-ring (bicyclic) bond motifs is 1. The zero-order valence-electron chi connectivity index (χ0n) is 13.9. The molecule has 0 radical (unpaired) electrons. The summed E-state index contributed by atoms with van der Waals surface area (Å²) in [6.07, 6.45) is 9.70. The summed E-state index contributed by atoms with van der Waals surface area (Å²) in [4.78, 5) is 0. The van der Waals surface area contributed by atoms with Crippen LogP contribution in [0.4, 0.5) is 0 Å². The standard InChI is InChI=1S/C18H24N4S/c1-4-18-11-15(12-19)14(3)10-16(18)7-9-21(13-18)23-17-6-8-20-22(17)5-2/h4,6,8,10,12,19H,1,5,7,9,11,13H2,2-3H3. The normalized spacial score (nSPS) is 25.0. The molecule has 1 fully saturated rings. The average Bonchev–Trinajstić information content (AvgIpc) is 3.01. The van der Waals surface area contributed by atoms with Crippen molar-refractivity contribution in [1.82, 2.24) is 14.1 Å². The van der Waals surface area contributed by atoms with Crippen molar-refractivity contribution in [3.8, 4) is 0 Å². The highest BCUT2D eigenvalue weighted by Gasteiger charge is 2.40. The number of nitrogens with zero attached hydrogens (tertiary/aromatic N) is 3. The summed E-state index contributed by atoms with van der Waals surface area (Å²) in [7, 11) is 0. The van der Waals surface area contributed by atoms with Gasteiger partial charge >= 0.3 is 0 Å². The van der Waals surface area contributed by atoms with Gasteiger partial charge in [-0.25, -0.2) is 4.31 Å². The fraction of sp³-hybridized carbons (Fsp3) is 0.444. The summed E-state index contributed by atoms with van der Waals surface area (Å²) in [5.74, 6) is 0. The summed E-state index contributed by atoms with van der Waals surface area (Å²) in [6.45, 7) is 11.2. The van der Waals surface area contributed by atoms with E-state index >= 15 is 0 Å². The lowest BCUT2D eigenvalue weighted by molar-refractivity contribution is 0.277. The molecule has 2 aliphatic rings. The Bertz CT molecular complexity index is 685. The van der Waals surface area contributed by atoms with E-state index < -0.39 is 0 Å². The fourth-order valence-electron chi connectivity index (χ4n) is 3.49. The number of aryl methyl sites for hydroxylation is 1. The van der Waals surface area contributed by atoms with Crippen molar-refractivity contribution in [2.75, 3.05) is 13.1 Å². The molecule has 1 saturated heterocycles. The van der Waals surface area contributed by atoms with Gasteiger partial charge in [-0.15, -0.1) is 6.58 Å². The molecule has 0 aromatic carbocycles. The summed E-state index contributed by atoms with van der Waals surface area (Å²) in [5, 5.41) is 13.2. The second kappa shape index (κ2) is 6.49. The molecule has 1 atom stereocenters. The van der Waals surface area contributed by atoms with Crippen LogP contribution in [-0.2, 0) is 6.54 Å². The number of aromatic nitrogens is 2. The molecule has 0 bridgehead atoms. The van der Waals surface area contributed by atoms with Crippen LogP contribution in [-0.4, -0.2) is 33.4 Å². The van der Waals surface area contributed by atoms with Gasteiger partial charge in [0.1, 0.15) is 5.03 Å². The molecule has 0 spiro atoms. The van der Waals surface area contributed by atoms with Gasteiger partial charge < -0.3 is 5.41 Å². The average molecular weight is 328 g/mol. The first-order chi connectivity index (χ1) is 11.1. The van der Waals surface area contributed by atoms with E-state index in [1.807, 2.05) is 10.9 Å². The van der Waals surface area contributed by atoms with Crippen molar-refractivity contribution >= 4 is 18.2 Å². The molecular weight excluding hydrogens is 304 g/mol. The first kappa shape index (κ1) is 16.3. The van der Waals surface area contributed by atoms with Crippen LogP contribution in [0.5, 0.6) is 0 Å². The number of nitrogens with one attached hydrogen (secondary N) is 1. The van der Waals surface area contributed by atoms with Crippen LogP contribution in [0, 0.1) is 10.8 Å². The summed E-state index contributed by atoms with van der Waals surface area (Å²) in [5.41, 5.74) is 3.79. The molecule has 122 valence electrons. The molecule has 3 rings (SSSR count). The molecule has 1 N–H and O–H groups in total. The Morgan fingerprint density at radius 1 is 1.52 bits per heavy atom. The number of rotatable bonds is 5. The van der Waals surface area contributed by atoms with Crippen LogP contribution in [0.15, 0.2) is 52.7 Å². The monoisotopic (exact) mass is 328 g/mol. The van der Waals surface area contributed by atoms with Crippen molar-refractivity contribution in [2.24, 2.45) is 5.41 Å². The largest absolute Gasteiger partial charge is 0.308 e. The van der Waals surface area contributed by atoms with Gasteiger partial charge in [0.05, 0.1) is 6.20 Å². The highest BCUT2D eigenvalue weighted by atomic mass is 32.2. The maximum absolute atomic E-state index is 7.68. The molecule has 0 saturated carbocycles. The van der Waals surface area contributed by atoms with E-state index in [4.69, 9.17) is 5.41 Å². The molecule has 1 aromatic rings. The van der Waals surface area contributed by atoms with E-state index in [0.717, 1.165) is 38.0 Å². The Labute approximate surface area is 142 Å². The number of hydrogen-bond acceptors (Lipinski definition) is 4. The highest BCUT2D eigenvalue weighted by Crippen LogP contribution is 2.47. The molecule has 23 heavy (non-hydrogen) atoms. The first-order valence-electron chi connectivity index (χ1n) is 8.11. The Balaban J connectivity index is 1.82. The van der Waals surface area contributed by atoms with E-state index in [-0.39, 0.29) is 5.41 Å². The van der Waals surface area contributed by atoms with Crippen molar-refractivity contribution < 1.29 is 0 Å². The van der Waals surface area contributed by atoms with Crippen LogP contribution < -0.4 is 0 Å². The van der Waals surface area contributed by atoms with Crippen LogP contribution in [0.1, 0.15) is 26.7 Å². The van der Waals surface area contributed by atoms with Crippen molar-refractivity contribution in [2.45, 2.75) is 38.3 Å². The predicted molar refractivity (Wildman–Crippen MR) is 96.8 cm³/mol. The van der Waals surface area contributed by atoms with Crippen LogP contribution >= 0.6 is 11.9 Å². The SMILES string of the molecule is C=CC12CC(C=N)=C(C)C=C1CCN(Sc1ccnn1CC)C2. The van der Waals surface area contributed by atoms with Gasteiger partial charge in [-0.1, -0.05) is 17.7 Å². The van der Waals surface area contributed by atoms with Crippen molar-refractivity contribution in [1.29, 1.82) is 5.41 Å². The van der Waals surface area contributed by atoms with E-state index in [0.29, 0.717) is 0 Å². The minimum Gasteiger partial charge on any atom is -0.308 e. The van der Waals surface area contributed by atoms with Crippen molar-refractivity contribution in [3.05, 3.63) is 47.7 Å². The Morgan fingerprint density at radius 2 is 2.35 bits per heavy atom. The second-order valence-corrected chi connectivity index (χ2v) is 7.37. The Kier molecular flexibility index (Phi) is 4.60. The summed E-state index contributed by atoms with van der Waals surface area (Å²) >= 11 is 1.79. The van der Waals surface area contributed by atoms with Crippen LogP contribution in [0.2, 0.25) is 0 Å². The smallest absolute Gasteiger partial charge is 0.109 e. The van der Waals surface area contributed by atoms with Gasteiger partial charge in [-0.2, -0.15) is 5.10 Å². The molecule has 1 unspecified atom stereocenters. The van der Waals surface area contributed by atoms with E-state index in [1.165, 1.54) is 22.4 Å². The molecule has 2 heterocycles.